The lowest BCUT2D eigenvalue weighted by atomic mass is 9.90. The van der Waals surface area contributed by atoms with Gasteiger partial charge in [0, 0.05) is 22.9 Å². The highest BCUT2D eigenvalue weighted by Gasteiger charge is 2.21. The molecular formula is C21H20N4O2S2. The number of hydrogen-bond donors (Lipinski definition) is 0. The maximum absolute atomic E-state index is 12.3. The zero-order valence-corrected chi connectivity index (χ0v) is 17.8. The molecule has 0 N–H and O–H groups in total. The van der Waals surface area contributed by atoms with Crippen molar-refractivity contribution < 1.29 is 4.42 Å². The number of rotatable bonds is 4. The molecule has 0 aromatic carbocycles. The van der Waals surface area contributed by atoms with Crippen molar-refractivity contribution in [1.29, 1.82) is 0 Å². The highest BCUT2D eigenvalue weighted by Crippen LogP contribution is 2.37. The molecule has 4 aromatic heterocycles. The van der Waals surface area contributed by atoms with Gasteiger partial charge in [-0.05, 0) is 55.4 Å². The summed E-state index contributed by atoms with van der Waals surface area (Å²) in [5.74, 6) is 1.81. The molecule has 0 unspecified atom stereocenters. The predicted octanol–water partition coefficient (Wildman–Crippen LogP) is 4.53. The average molecular weight is 425 g/mol. The van der Waals surface area contributed by atoms with Crippen molar-refractivity contribution in [3.63, 3.8) is 0 Å². The lowest BCUT2D eigenvalue weighted by Crippen LogP contribution is -2.15. The Morgan fingerprint density at radius 1 is 1.31 bits per heavy atom. The van der Waals surface area contributed by atoms with Gasteiger partial charge in [0.25, 0.3) is 16.7 Å². The van der Waals surface area contributed by atoms with Crippen LogP contribution in [0.1, 0.15) is 35.0 Å². The number of pyridine rings is 1. The van der Waals surface area contributed by atoms with Gasteiger partial charge in [-0.2, -0.15) is 0 Å². The van der Waals surface area contributed by atoms with Crippen LogP contribution in [0.15, 0.2) is 44.9 Å². The Kier molecular flexibility index (Phi) is 4.75. The van der Waals surface area contributed by atoms with Crippen molar-refractivity contribution in [2.45, 2.75) is 44.1 Å². The van der Waals surface area contributed by atoms with Crippen LogP contribution in [-0.2, 0) is 18.6 Å². The van der Waals surface area contributed by atoms with Crippen molar-refractivity contribution in [3.05, 3.63) is 62.5 Å². The van der Waals surface area contributed by atoms with Gasteiger partial charge in [-0.1, -0.05) is 24.8 Å². The van der Waals surface area contributed by atoms with E-state index in [0.29, 0.717) is 28.2 Å². The zero-order chi connectivity index (χ0) is 20.0. The number of hydrogen-bond acceptors (Lipinski definition) is 7. The molecule has 4 aromatic rings. The molecular weight excluding hydrogens is 404 g/mol. The van der Waals surface area contributed by atoms with E-state index < -0.39 is 0 Å². The van der Waals surface area contributed by atoms with E-state index in [4.69, 9.17) is 4.42 Å². The summed E-state index contributed by atoms with van der Waals surface area (Å²) in [6, 6.07) is 7.57. The van der Waals surface area contributed by atoms with Crippen LogP contribution in [0.3, 0.4) is 0 Å². The van der Waals surface area contributed by atoms with Gasteiger partial charge >= 0.3 is 0 Å². The van der Waals surface area contributed by atoms with Crippen LogP contribution >= 0.6 is 23.1 Å². The summed E-state index contributed by atoms with van der Waals surface area (Å²) in [7, 11) is 0. The third-order valence-electron chi connectivity index (χ3n) is 5.15. The first kappa shape index (κ1) is 18.6. The number of aromatic nitrogens is 4. The van der Waals surface area contributed by atoms with E-state index >= 15 is 0 Å². The Morgan fingerprint density at radius 2 is 2.21 bits per heavy atom. The summed E-state index contributed by atoms with van der Waals surface area (Å²) in [6.07, 6.45) is 5.31. The van der Waals surface area contributed by atoms with Gasteiger partial charge < -0.3 is 4.42 Å². The maximum atomic E-state index is 12.3. The van der Waals surface area contributed by atoms with Gasteiger partial charge in [0.15, 0.2) is 0 Å². The summed E-state index contributed by atoms with van der Waals surface area (Å²) >= 11 is 3.16. The molecule has 148 valence electrons. The maximum Gasteiger partial charge on any atom is 0.277 e. The van der Waals surface area contributed by atoms with Crippen LogP contribution < -0.4 is 5.56 Å². The first-order valence-electron chi connectivity index (χ1n) is 9.62. The molecule has 0 spiro atoms. The molecule has 0 bridgehead atoms. The third kappa shape index (κ3) is 3.74. The van der Waals surface area contributed by atoms with Crippen molar-refractivity contribution in [2.24, 2.45) is 5.92 Å². The fourth-order valence-electron chi connectivity index (χ4n) is 3.65. The molecule has 0 saturated carbocycles. The largest absolute Gasteiger partial charge is 0.410 e. The van der Waals surface area contributed by atoms with Gasteiger partial charge in [0.1, 0.15) is 5.65 Å². The Hall–Kier alpha value is -2.45. The van der Waals surface area contributed by atoms with Crippen LogP contribution in [0.2, 0.25) is 0 Å². The van der Waals surface area contributed by atoms with Crippen molar-refractivity contribution >= 4 is 28.7 Å². The van der Waals surface area contributed by atoms with Gasteiger partial charge in [0.2, 0.25) is 0 Å². The fraction of sp³-hybridized carbons (Fsp3) is 0.333. The topological polar surface area (TPSA) is 73.3 Å². The van der Waals surface area contributed by atoms with Gasteiger partial charge in [-0.3, -0.25) is 9.20 Å². The molecule has 0 aliphatic heterocycles. The summed E-state index contributed by atoms with van der Waals surface area (Å²) < 4.78 is 7.43. The first-order chi connectivity index (χ1) is 14.0. The van der Waals surface area contributed by atoms with E-state index in [9.17, 15) is 4.79 Å². The lowest BCUT2D eigenvalue weighted by molar-refractivity contribution is 0.466. The Morgan fingerprint density at radius 3 is 3.10 bits per heavy atom. The Bertz CT molecular complexity index is 1260. The van der Waals surface area contributed by atoms with Crippen LogP contribution in [0.4, 0.5) is 0 Å². The molecule has 1 aliphatic rings. The fourth-order valence-corrected chi connectivity index (χ4v) is 5.43. The highest BCUT2D eigenvalue weighted by atomic mass is 32.2. The predicted molar refractivity (Wildman–Crippen MR) is 115 cm³/mol. The Balaban J connectivity index is 1.33. The molecule has 0 amide bonds. The van der Waals surface area contributed by atoms with Crippen LogP contribution in [0.25, 0.3) is 16.4 Å². The minimum absolute atomic E-state index is 0.0843. The monoisotopic (exact) mass is 424 g/mol. The second kappa shape index (κ2) is 7.42. The molecule has 1 aliphatic carbocycles. The van der Waals surface area contributed by atoms with E-state index in [1.54, 1.807) is 28.0 Å². The number of thioether (sulfide) groups is 1. The number of nitrogens with zero attached hydrogens (tertiary/aromatic N) is 4. The summed E-state index contributed by atoms with van der Waals surface area (Å²) in [6.45, 7) is 4.25. The van der Waals surface area contributed by atoms with Crippen LogP contribution in [0.5, 0.6) is 0 Å². The van der Waals surface area contributed by atoms with E-state index in [1.807, 2.05) is 19.1 Å². The smallest absolute Gasteiger partial charge is 0.277 e. The van der Waals surface area contributed by atoms with Crippen molar-refractivity contribution in [1.82, 2.24) is 19.6 Å². The second-order valence-electron chi connectivity index (χ2n) is 7.59. The normalized spacial score (nSPS) is 16.3. The SMILES string of the molecule is Cc1ccc2nc(CSc3nnc(-c4cc5c(s4)CC[C@H](C)C5)o3)cc(=O)n2c1. The molecule has 0 saturated heterocycles. The standard InChI is InChI=1S/C21H20N4O2S2/c1-12-3-5-16-14(7-12)8-17(29-16)20-23-24-21(27-20)28-11-15-9-19(26)25-10-13(2)4-6-18(25)22-15/h4,6,8-10,12H,3,5,7,11H2,1-2H3/t12-/m0/s1. The molecule has 8 heteroatoms. The van der Waals surface area contributed by atoms with Crippen molar-refractivity contribution in [2.75, 3.05) is 0 Å². The third-order valence-corrected chi connectivity index (χ3v) is 7.23. The van der Waals surface area contributed by atoms with E-state index in [1.165, 1.54) is 28.6 Å². The van der Waals surface area contributed by atoms with E-state index in [-0.39, 0.29) is 5.56 Å². The summed E-state index contributed by atoms with van der Waals surface area (Å²) in [5, 5.41) is 8.88. The average Bonchev–Trinajstić information content (AvgIpc) is 3.33. The molecule has 4 heterocycles. The molecule has 6 nitrogen and oxygen atoms in total. The number of fused-ring (bicyclic) bond motifs is 2. The molecule has 0 radical (unpaired) electrons. The second-order valence-corrected chi connectivity index (χ2v) is 9.65. The quantitative estimate of drug-likeness (QED) is 0.448. The number of thiophene rings is 1. The minimum atomic E-state index is -0.0843. The van der Waals surface area contributed by atoms with Crippen molar-refractivity contribution in [3.8, 4) is 10.8 Å². The number of aryl methyl sites for hydroxylation is 2. The lowest BCUT2D eigenvalue weighted by Gasteiger charge is -2.16. The van der Waals surface area contributed by atoms with Gasteiger partial charge in [0.05, 0.1) is 10.6 Å². The molecule has 5 rings (SSSR count). The van der Waals surface area contributed by atoms with Crippen LogP contribution in [-0.4, -0.2) is 19.6 Å². The van der Waals surface area contributed by atoms with Gasteiger partial charge in [-0.25, -0.2) is 4.98 Å². The zero-order valence-electron chi connectivity index (χ0n) is 16.2. The molecule has 29 heavy (non-hydrogen) atoms. The summed E-state index contributed by atoms with van der Waals surface area (Å²) in [5.41, 5.74) is 3.70. The first-order valence-corrected chi connectivity index (χ1v) is 11.4. The minimum Gasteiger partial charge on any atom is -0.410 e. The summed E-state index contributed by atoms with van der Waals surface area (Å²) in [4.78, 5) is 19.4. The molecule has 1 atom stereocenters. The van der Waals surface area contributed by atoms with Crippen LogP contribution in [0, 0.1) is 12.8 Å². The van der Waals surface area contributed by atoms with E-state index in [0.717, 1.165) is 29.2 Å². The van der Waals surface area contributed by atoms with Gasteiger partial charge in [-0.15, -0.1) is 21.5 Å². The highest BCUT2D eigenvalue weighted by molar-refractivity contribution is 7.98. The van der Waals surface area contributed by atoms with E-state index in [2.05, 4.69) is 28.2 Å². The Labute approximate surface area is 176 Å². The molecule has 0 fully saturated rings.